The van der Waals surface area contributed by atoms with Gasteiger partial charge in [0.05, 0.1) is 6.04 Å². The lowest BCUT2D eigenvalue weighted by Crippen LogP contribution is -2.27. The molecule has 1 amide bonds. The van der Waals surface area contributed by atoms with Gasteiger partial charge in [0.15, 0.2) is 0 Å². The van der Waals surface area contributed by atoms with Crippen LogP contribution in [0.5, 0.6) is 0 Å². The highest BCUT2D eigenvalue weighted by atomic mass is 32.1. The van der Waals surface area contributed by atoms with Crippen molar-refractivity contribution in [2.45, 2.75) is 32.7 Å². The van der Waals surface area contributed by atoms with E-state index in [1.807, 2.05) is 18.4 Å². The Balaban J connectivity index is 2.29. The van der Waals surface area contributed by atoms with Gasteiger partial charge in [0.25, 0.3) is 0 Å². The zero-order valence-electron chi connectivity index (χ0n) is 9.90. The first kappa shape index (κ1) is 13.2. The number of rotatable bonds is 6. The Morgan fingerprint density at radius 3 is 2.88 bits per heavy atom. The Bertz CT molecular complexity index is 311. The Kier molecular flexibility index (Phi) is 5.49. The molecule has 4 heteroatoms. The van der Waals surface area contributed by atoms with Crippen LogP contribution in [0.25, 0.3) is 0 Å². The molecule has 1 heterocycles. The molecule has 1 aromatic heterocycles. The second-order valence-corrected chi connectivity index (χ2v) is 5.01. The summed E-state index contributed by atoms with van der Waals surface area (Å²) < 4.78 is 0. The normalized spacial score (nSPS) is 14.4. The number of carbonyl (C=O) groups excluding carboxylic acids is 1. The maximum absolute atomic E-state index is 11.6. The predicted octanol–water partition coefficient (Wildman–Crippen LogP) is 2.30. The monoisotopic (exact) mass is 240 g/mol. The van der Waals surface area contributed by atoms with Gasteiger partial charge in [-0.3, -0.25) is 4.79 Å². The van der Waals surface area contributed by atoms with E-state index in [0.29, 0.717) is 18.9 Å². The van der Waals surface area contributed by atoms with Gasteiger partial charge < -0.3 is 11.1 Å². The van der Waals surface area contributed by atoms with Crippen LogP contribution < -0.4 is 11.1 Å². The quantitative estimate of drug-likeness (QED) is 0.801. The maximum atomic E-state index is 11.6. The first-order valence-electron chi connectivity index (χ1n) is 5.65. The summed E-state index contributed by atoms with van der Waals surface area (Å²) in [5, 5.41) is 7.07. The van der Waals surface area contributed by atoms with Crippen LogP contribution in [-0.2, 0) is 4.79 Å². The zero-order valence-corrected chi connectivity index (χ0v) is 10.7. The van der Waals surface area contributed by atoms with E-state index in [2.05, 4.69) is 17.6 Å². The van der Waals surface area contributed by atoms with Crippen molar-refractivity contribution in [3.8, 4) is 0 Å². The molecule has 2 unspecified atom stereocenters. The third kappa shape index (κ3) is 4.33. The van der Waals surface area contributed by atoms with Crippen LogP contribution >= 0.6 is 11.3 Å². The van der Waals surface area contributed by atoms with Crippen LogP contribution in [0.1, 0.15) is 38.3 Å². The molecule has 0 aromatic carbocycles. The summed E-state index contributed by atoms with van der Waals surface area (Å²) in [6.45, 7) is 4.72. The van der Waals surface area contributed by atoms with Crippen LogP contribution in [0.2, 0.25) is 0 Å². The summed E-state index contributed by atoms with van der Waals surface area (Å²) in [5.74, 6) is 0.529. The zero-order chi connectivity index (χ0) is 12.0. The van der Waals surface area contributed by atoms with E-state index < -0.39 is 0 Å². The second kappa shape index (κ2) is 6.66. The molecule has 3 nitrogen and oxygen atoms in total. The third-order valence-electron chi connectivity index (χ3n) is 2.69. The number of amides is 1. The van der Waals surface area contributed by atoms with Gasteiger partial charge >= 0.3 is 0 Å². The van der Waals surface area contributed by atoms with Crippen LogP contribution in [0.15, 0.2) is 16.8 Å². The van der Waals surface area contributed by atoms with Gasteiger partial charge in [-0.25, -0.2) is 0 Å². The van der Waals surface area contributed by atoms with E-state index in [1.54, 1.807) is 11.3 Å². The van der Waals surface area contributed by atoms with Crippen LogP contribution in [0.3, 0.4) is 0 Å². The van der Waals surface area contributed by atoms with E-state index in [-0.39, 0.29) is 11.9 Å². The summed E-state index contributed by atoms with van der Waals surface area (Å²) in [7, 11) is 0. The van der Waals surface area contributed by atoms with E-state index in [0.717, 1.165) is 6.42 Å². The van der Waals surface area contributed by atoms with Gasteiger partial charge in [0.1, 0.15) is 0 Å². The fourth-order valence-corrected chi connectivity index (χ4v) is 2.17. The largest absolute Gasteiger partial charge is 0.350 e. The summed E-state index contributed by atoms with van der Waals surface area (Å²) in [6.07, 6.45) is 1.42. The van der Waals surface area contributed by atoms with Crippen molar-refractivity contribution in [3.05, 3.63) is 22.4 Å². The SMILES string of the molecule is CC(CN)CCC(=O)NC(C)c1ccsc1. The van der Waals surface area contributed by atoms with E-state index in [4.69, 9.17) is 5.73 Å². The van der Waals surface area contributed by atoms with Crippen molar-refractivity contribution in [2.24, 2.45) is 11.7 Å². The molecule has 0 aliphatic carbocycles. The average Bonchev–Trinajstić information content (AvgIpc) is 2.79. The molecule has 0 aliphatic rings. The molecule has 0 spiro atoms. The lowest BCUT2D eigenvalue weighted by molar-refractivity contribution is -0.122. The van der Waals surface area contributed by atoms with Crippen LogP contribution in [0.4, 0.5) is 0 Å². The third-order valence-corrected chi connectivity index (χ3v) is 3.39. The lowest BCUT2D eigenvalue weighted by Gasteiger charge is -2.13. The molecule has 0 saturated carbocycles. The minimum absolute atomic E-state index is 0.104. The lowest BCUT2D eigenvalue weighted by atomic mass is 10.1. The molecule has 0 aliphatic heterocycles. The Morgan fingerprint density at radius 1 is 1.56 bits per heavy atom. The minimum atomic E-state index is 0.104. The average molecular weight is 240 g/mol. The smallest absolute Gasteiger partial charge is 0.220 e. The van der Waals surface area contributed by atoms with Gasteiger partial charge in [-0.1, -0.05) is 6.92 Å². The minimum Gasteiger partial charge on any atom is -0.350 e. The van der Waals surface area contributed by atoms with Crippen molar-refractivity contribution in [3.63, 3.8) is 0 Å². The molecule has 0 radical (unpaired) electrons. The standard InChI is InChI=1S/C12H20N2OS/c1-9(7-13)3-4-12(15)14-10(2)11-5-6-16-8-11/h5-6,8-10H,3-4,7,13H2,1-2H3,(H,14,15). The predicted molar refractivity (Wildman–Crippen MR) is 68.3 cm³/mol. The Morgan fingerprint density at radius 2 is 2.31 bits per heavy atom. The molecular weight excluding hydrogens is 220 g/mol. The number of hydrogen-bond donors (Lipinski definition) is 2. The van der Waals surface area contributed by atoms with Crippen molar-refractivity contribution in [2.75, 3.05) is 6.54 Å². The van der Waals surface area contributed by atoms with E-state index in [9.17, 15) is 4.79 Å². The van der Waals surface area contributed by atoms with E-state index >= 15 is 0 Å². The van der Waals surface area contributed by atoms with Gasteiger partial charge in [0, 0.05) is 6.42 Å². The highest BCUT2D eigenvalue weighted by Gasteiger charge is 2.10. The van der Waals surface area contributed by atoms with Crippen molar-refractivity contribution in [1.82, 2.24) is 5.32 Å². The van der Waals surface area contributed by atoms with Gasteiger partial charge in [-0.15, -0.1) is 0 Å². The maximum Gasteiger partial charge on any atom is 0.220 e. The van der Waals surface area contributed by atoms with E-state index in [1.165, 1.54) is 5.56 Å². The summed E-state index contributed by atoms with van der Waals surface area (Å²) >= 11 is 1.65. The molecule has 1 rings (SSSR count). The number of nitrogens with one attached hydrogen (secondary N) is 1. The van der Waals surface area contributed by atoms with Crippen LogP contribution in [0, 0.1) is 5.92 Å². The summed E-state index contributed by atoms with van der Waals surface area (Å²) in [6, 6.07) is 2.14. The number of nitrogens with two attached hydrogens (primary N) is 1. The topological polar surface area (TPSA) is 55.1 Å². The molecule has 0 bridgehead atoms. The highest BCUT2D eigenvalue weighted by Crippen LogP contribution is 2.15. The summed E-state index contributed by atoms with van der Waals surface area (Å²) in [5.41, 5.74) is 6.68. The first-order valence-corrected chi connectivity index (χ1v) is 6.59. The number of carbonyl (C=O) groups is 1. The summed E-state index contributed by atoms with van der Waals surface area (Å²) in [4.78, 5) is 11.6. The Labute approximate surface area is 101 Å². The van der Waals surface area contributed by atoms with Crippen molar-refractivity contribution in [1.29, 1.82) is 0 Å². The molecule has 0 saturated heterocycles. The number of hydrogen-bond acceptors (Lipinski definition) is 3. The molecular formula is C12H20N2OS. The fourth-order valence-electron chi connectivity index (χ4n) is 1.41. The molecule has 16 heavy (non-hydrogen) atoms. The van der Waals surface area contributed by atoms with Crippen molar-refractivity contribution < 1.29 is 4.79 Å². The molecule has 1 aromatic rings. The highest BCUT2D eigenvalue weighted by molar-refractivity contribution is 7.07. The number of thiophene rings is 1. The van der Waals surface area contributed by atoms with Crippen LogP contribution in [-0.4, -0.2) is 12.5 Å². The molecule has 3 N–H and O–H groups in total. The Hall–Kier alpha value is -0.870. The molecule has 0 fully saturated rings. The molecule has 2 atom stereocenters. The van der Waals surface area contributed by atoms with Gasteiger partial charge in [0.2, 0.25) is 5.91 Å². The fraction of sp³-hybridized carbons (Fsp3) is 0.583. The first-order chi connectivity index (χ1) is 7.63. The van der Waals surface area contributed by atoms with Gasteiger partial charge in [-0.05, 0) is 48.2 Å². The van der Waals surface area contributed by atoms with Crippen molar-refractivity contribution >= 4 is 17.2 Å². The second-order valence-electron chi connectivity index (χ2n) is 4.23. The van der Waals surface area contributed by atoms with Gasteiger partial charge in [-0.2, -0.15) is 11.3 Å². The molecule has 90 valence electrons.